The number of ether oxygens (including phenoxy) is 2. The van der Waals surface area contributed by atoms with Gasteiger partial charge in [0.15, 0.2) is 22.4 Å². The van der Waals surface area contributed by atoms with Gasteiger partial charge < -0.3 is 18.3 Å². The van der Waals surface area contributed by atoms with Crippen LogP contribution >= 0.6 is 22.9 Å². The zero-order chi connectivity index (χ0) is 19.8. The Hall–Kier alpha value is -3.23. The topological polar surface area (TPSA) is 86.7 Å². The predicted molar refractivity (Wildman–Crippen MR) is 108 cm³/mol. The van der Waals surface area contributed by atoms with Crippen LogP contribution in [-0.2, 0) is 0 Å². The Labute approximate surface area is 173 Å². The van der Waals surface area contributed by atoms with E-state index in [1.165, 1.54) is 11.3 Å². The van der Waals surface area contributed by atoms with Crippen molar-refractivity contribution in [1.82, 2.24) is 4.98 Å². The molecule has 1 N–H and O–H groups in total. The number of hydrogen-bond acceptors (Lipinski definition) is 7. The maximum atomic E-state index is 12.8. The number of furan rings is 2. The Bertz CT molecular complexity index is 1120. The molecule has 7 nitrogen and oxygen atoms in total. The van der Waals surface area contributed by atoms with E-state index in [1.54, 1.807) is 42.9 Å². The first kappa shape index (κ1) is 17.8. The van der Waals surface area contributed by atoms with Crippen molar-refractivity contribution in [2.45, 2.75) is 0 Å². The molecule has 4 aromatic rings. The lowest BCUT2D eigenvalue weighted by molar-refractivity contribution is 0.102. The van der Waals surface area contributed by atoms with E-state index in [-0.39, 0.29) is 5.91 Å². The summed E-state index contributed by atoms with van der Waals surface area (Å²) in [5.74, 6) is 1.74. The average Bonchev–Trinajstić information content (AvgIpc) is 3.48. The third kappa shape index (κ3) is 3.37. The number of nitrogens with one attached hydrogen (secondary N) is 1. The average molecular weight is 429 g/mol. The molecule has 0 saturated carbocycles. The van der Waals surface area contributed by atoms with Crippen LogP contribution in [0.4, 0.5) is 5.13 Å². The number of amides is 1. The normalized spacial score (nSPS) is 12.7. The zero-order valence-corrected chi connectivity index (χ0v) is 16.4. The van der Waals surface area contributed by atoms with Crippen molar-refractivity contribution in [2.24, 2.45) is 0 Å². The van der Waals surface area contributed by atoms with E-state index in [0.29, 0.717) is 57.6 Å². The largest absolute Gasteiger partial charge is 0.486 e. The molecule has 29 heavy (non-hydrogen) atoms. The van der Waals surface area contributed by atoms with Crippen LogP contribution in [0.25, 0.3) is 22.1 Å². The van der Waals surface area contributed by atoms with Gasteiger partial charge in [-0.1, -0.05) is 22.9 Å². The minimum absolute atomic E-state index is 0.319. The maximum absolute atomic E-state index is 12.8. The van der Waals surface area contributed by atoms with E-state index in [2.05, 4.69) is 10.3 Å². The summed E-state index contributed by atoms with van der Waals surface area (Å²) in [6.07, 6.45) is 3.15. The van der Waals surface area contributed by atoms with Gasteiger partial charge in [-0.2, -0.15) is 0 Å². The molecule has 1 aliphatic heterocycles. The summed E-state index contributed by atoms with van der Waals surface area (Å²) in [7, 11) is 0. The Morgan fingerprint density at radius 2 is 1.83 bits per heavy atom. The second-order valence-corrected chi connectivity index (χ2v) is 7.49. The van der Waals surface area contributed by atoms with Crippen molar-refractivity contribution in [1.29, 1.82) is 0 Å². The molecule has 3 aromatic heterocycles. The molecule has 0 atom stereocenters. The highest BCUT2D eigenvalue weighted by Crippen LogP contribution is 2.41. The predicted octanol–water partition coefficient (Wildman–Crippen LogP) is 5.34. The third-order valence-corrected chi connectivity index (χ3v) is 5.47. The lowest BCUT2D eigenvalue weighted by Gasteiger charge is -2.20. The SMILES string of the molecule is O=C(Nc1nc(-c2ccco2)c(-c2ccco2)s1)c1cc(Cl)c2c(c1)OCCO2. The summed E-state index contributed by atoms with van der Waals surface area (Å²) in [6, 6.07) is 10.3. The number of carbonyl (C=O) groups excluding carboxylic acids is 1. The van der Waals surface area contributed by atoms with Crippen molar-refractivity contribution in [3.8, 4) is 33.6 Å². The van der Waals surface area contributed by atoms with Crippen LogP contribution in [0.3, 0.4) is 0 Å². The van der Waals surface area contributed by atoms with E-state index in [0.717, 1.165) is 4.88 Å². The highest BCUT2D eigenvalue weighted by molar-refractivity contribution is 7.19. The van der Waals surface area contributed by atoms with Crippen LogP contribution in [0, 0.1) is 0 Å². The fraction of sp³-hybridized carbons (Fsp3) is 0.100. The highest BCUT2D eigenvalue weighted by Gasteiger charge is 2.22. The van der Waals surface area contributed by atoms with Gasteiger partial charge in [-0.05, 0) is 36.4 Å². The van der Waals surface area contributed by atoms with Crippen molar-refractivity contribution >= 4 is 34.0 Å². The Kier molecular flexibility index (Phi) is 4.49. The number of carbonyl (C=O) groups is 1. The molecule has 1 amide bonds. The number of rotatable bonds is 4. The number of thiazole rings is 1. The van der Waals surface area contributed by atoms with Crippen LogP contribution in [0.1, 0.15) is 10.4 Å². The molecule has 1 aromatic carbocycles. The third-order valence-electron chi connectivity index (χ3n) is 4.21. The van der Waals surface area contributed by atoms with Crippen LogP contribution in [-0.4, -0.2) is 24.1 Å². The van der Waals surface area contributed by atoms with Crippen molar-refractivity contribution < 1.29 is 23.1 Å². The Morgan fingerprint density at radius 3 is 2.59 bits per heavy atom. The fourth-order valence-electron chi connectivity index (χ4n) is 2.94. The standard InChI is InChI=1S/C20H13ClN2O5S/c21-12-9-11(10-15-17(12)28-8-7-27-15)19(24)23-20-22-16(13-3-1-5-25-13)18(29-20)14-4-2-6-26-14/h1-6,9-10H,7-8H2,(H,22,23,24). The van der Waals surface area contributed by atoms with Gasteiger partial charge in [-0.3, -0.25) is 10.1 Å². The zero-order valence-electron chi connectivity index (χ0n) is 14.8. The molecule has 9 heteroatoms. The molecule has 0 bridgehead atoms. The maximum Gasteiger partial charge on any atom is 0.257 e. The summed E-state index contributed by atoms with van der Waals surface area (Å²) < 4.78 is 22.0. The van der Waals surface area contributed by atoms with Gasteiger partial charge in [0.05, 0.1) is 17.5 Å². The van der Waals surface area contributed by atoms with E-state index < -0.39 is 0 Å². The first-order valence-corrected chi connectivity index (χ1v) is 9.87. The summed E-state index contributed by atoms with van der Waals surface area (Å²) in [5.41, 5.74) is 0.930. The quantitative estimate of drug-likeness (QED) is 0.472. The van der Waals surface area contributed by atoms with E-state index in [1.807, 2.05) is 6.07 Å². The lowest BCUT2D eigenvalue weighted by atomic mass is 10.2. The van der Waals surface area contributed by atoms with Crippen molar-refractivity contribution in [3.05, 3.63) is 59.5 Å². The molecule has 0 saturated heterocycles. The summed E-state index contributed by atoms with van der Waals surface area (Å²) in [5, 5.41) is 3.53. The molecule has 1 aliphatic rings. The van der Waals surface area contributed by atoms with Gasteiger partial charge in [0.2, 0.25) is 0 Å². The van der Waals surface area contributed by atoms with E-state index in [4.69, 9.17) is 29.9 Å². The molecule has 146 valence electrons. The minimum Gasteiger partial charge on any atom is -0.486 e. The van der Waals surface area contributed by atoms with Gasteiger partial charge in [-0.25, -0.2) is 4.98 Å². The lowest BCUT2D eigenvalue weighted by Crippen LogP contribution is -2.17. The molecular weight excluding hydrogens is 416 g/mol. The monoisotopic (exact) mass is 428 g/mol. The number of anilines is 1. The number of nitrogens with zero attached hydrogens (tertiary/aromatic N) is 1. The second kappa shape index (κ2) is 7.31. The summed E-state index contributed by atoms with van der Waals surface area (Å²) in [4.78, 5) is 18.1. The van der Waals surface area contributed by atoms with Crippen LogP contribution in [0.2, 0.25) is 5.02 Å². The van der Waals surface area contributed by atoms with Crippen molar-refractivity contribution in [2.75, 3.05) is 18.5 Å². The van der Waals surface area contributed by atoms with Gasteiger partial charge in [-0.15, -0.1) is 0 Å². The Balaban J connectivity index is 1.47. The number of benzene rings is 1. The fourth-order valence-corrected chi connectivity index (χ4v) is 4.14. The van der Waals surface area contributed by atoms with Crippen LogP contribution in [0.15, 0.2) is 57.8 Å². The van der Waals surface area contributed by atoms with Crippen molar-refractivity contribution in [3.63, 3.8) is 0 Å². The number of aromatic nitrogens is 1. The first-order chi connectivity index (χ1) is 14.2. The van der Waals surface area contributed by atoms with Gasteiger partial charge in [0.1, 0.15) is 29.5 Å². The van der Waals surface area contributed by atoms with Crippen LogP contribution in [0.5, 0.6) is 11.5 Å². The molecule has 5 rings (SSSR count). The summed E-state index contributed by atoms with van der Waals surface area (Å²) in [6.45, 7) is 0.822. The molecular formula is C20H13ClN2O5S. The molecule has 0 radical (unpaired) electrons. The van der Waals surface area contributed by atoms with Gasteiger partial charge in [0.25, 0.3) is 5.91 Å². The highest BCUT2D eigenvalue weighted by atomic mass is 35.5. The Morgan fingerprint density at radius 1 is 1.07 bits per heavy atom. The number of hydrogen-bond donors (Lipinski definition) is 1. The first-order valence-electron chi connectivity index (χ1n) is 8.68. The molecule has 0 fully saturated rings. The molecule has 0 unspecified atom stereocenters. The van der Waals surface area contributed by atoms with E-state index in [9.17, 15) is 4.79 Å². The van der Waals surface area contributed by atoms with Gasteiger partial charge >= 0.3 is 0 Å². The number of fused-ring (bicyclic) bond motifs is 1. The second-order valence-electron chi connectivity index (χ2n) is 6.09. The van der Waals surface area contributed by atoms with E-state index >= 15 is 0 Å². The number of halogens is 1. The minimum atomic E-state index is -0.366. The summed E-state index contributed by atoms with van der Waals surface area (Å²) >= 11 is 7.52. The van der Waals surface area contributed by atoms with Crippen LogP contribution < -0.4 is 14.8 Å². The smallest absolute Gasteiger partial charge is 0.257 e. The molecule has 0 spiro atoms. The molecule has 4 heterocycles. The van der Waals surface area contributed by atoms with Gasteiger partial charge in [0, 0.05) is 5.56 Å². The molecule has 0 aliphatic carbocycles.